The number of rotatable bonds is 4. The van der Waals surface area contributed by atoms with Gasteiger partial charge in [-0.15, -0.1) is 11.3 Å². The predicted molar refractivity (Wildman–Crippen MR) is 85.4 cm³/mol. The molecule has 20 heavy (non-hydrogen) atoms. The summed E-state index contributed by atoms with van der Waals surface area (Å²) in [7, 11) is 2.18. The van der Waals surface area contributed by atoms with Gasteiger partial charge in [0.25, 0.3) is 0 Å². The van der Waals surface area contributed by atoms with Gasteiger partial charge in [0.1, 0.15) is 0 Å². The molecule has 0 saturated carbocycles. The molecule has 3 nitrogen and oxygen atoms in total. The van der Waals surface area contributed by atoms with E-state index in [1.54, 1.807) is 11.3 Å². The monoisotopic (exact) mass is 287 g/mol. The standard InChI is InChI=1S/C16H21N3S/c1-12-18-15(11-20-12)10-17-9-13-5-6-16-14(8-13)4-3-7-19(16)2/h5-6,8,11,17H,3-4,7,9-10H2,1-2H3. The van der Waals surface area contributed by atoms with Crippen molar-refractivity contribution in [3.63, 3.8) is 0 Å². The second kappa shape index (κ2) is 5.94. The Hall–Kier alpha value is -1.39. The minimum Gasteiger partial charge on any atom is -0.374 e. The summed E-state index contributed by atoms with van der Waals surface area (Å²) in [4.78, 5) is 6.83. The third kappa shape index (κ3) is 3.02. The van der Waals surface area contributed by atoms with E-state index in [1.165, 1.54) is 36.2 Å². The molecule has 0 spiro atoms. The molecule has 0 aliphatic carbocycles. The lowest BCUT2D eigenvalue weighted by molar-refractivity contribution is 0.678. The zero-order chi connectivity index (χ0) is 13.9. The average Bonchev–Trinajstić information content (AvgIpc) is 2.85. The molecule has 1 aromatic carbocycles. The summed E-state index contributed by atoms with van der Waals surface area (Å²) in [5, 5.41) is 6.75. The molecular formula is C16H21N3S. The third-order valence-electron chi connectivity index (χ3n) is 3.80. The molecule has 1 aliphatic heterocycles. The van der Waals surface area contributed by atoms with Crippen molar-refractivity contribution in [2.24, 2.45) is 0 Å². The largest absolute Gasteiger partial charge is 0.374 e. The highest BCUT2D eigenvalue weighted by Gasteiger charge is 2.13. The number of benzene rings is 1. The van der Waals surface area contributed by atoms with Crippen molar-refractivity contribution in [3.05, 3.63) is 45.4 Å². The number of thiazole rings is 1. The van der Waals surface area contributed by atoms with Crippen LogP contribution in [0.25, 0.3) is 0 Å². The summed E-state index contributed by atoms with van der Waals surface area (Å²) in [6.07, 6.45) is 2.47. The SMILES string of the molecule is Cc1nc(CNCc2ccc3c(c2)CCCN3C)cs1. The molecule has 2 aromatic rings. The van der Waals surface area contributed by atoms with E-state index in [0.29, 0.717) is 0 Å². The molecule has 3 rings (SSSR count). The Balaban J connectivity index is 1.60. The lowest BCUT2D eigenvalue weighted by atomic mass is 9.99. The molecule has 1 N–H and O–H groups in total. The van der Waals surface area contributed by atoms with E-state index in [0.717, 1.165) is 23.8 Å². The van der Waals surface area contributed by atoms with Crippen LogP contribution in [0.5, 0.6) is 0 Å². The Kier molecular flexibility index (Phi) is 4.03. The highest BCUT2D eigenvalue weighted by molar-refractivity contribution is 7.09. The van der Waals surface area contributed by atoms with Crippen LogP contribution < -0.4 is 10.2 Å². The van der Waals surface area contributed by atoms with Crippen molar-refractivity contribution in [2.75, 3.05) is 18.5 Å². The second-order valence-electron chi connectivity index (χ2n) is 5.45. The van der Waals surface area contributed by atoms with Crippen LogP contribution in [-0.2, 0) is 19.5 Å². The molecule has 0 amide bonds. The Morgan fingerprint density at radius 2 is 2.25 bits per heavy atom. The summed E-state index contributed by atoms with van der Waals surface area (Å²) in [5.41, 5.74) is 5.40. The van der Waals surface area contributed by atoms with E-state index in [9.17, 15) is 0 Å². The van der Waals surface area contributed by atoms with Crippen molar-refractivity contribution in [2.45, 2.75) is 32.9 Å². The number of nitrogens with one attached hydrogen (secondary N) is 1. The fourth-order valence-electron chi connectivity index (χ4n) is 2.77. The minimum atomic E-state index is 0.849. The predicted octanol–water partition coefficient (Wildman–Crippen LogP) is 3.12. The molecule has 106 valence electrons. The fraction of sp³-hybridized carbons (Fsp3) is 0.438. The minimum absolute atomic E-state index is 0.849. The number of aromatic nitrogens is 1. The summed E-state index contributed by atoms with van der Waals surface area (Å²) in [6, 6.07) is 6.85. The first-order valence-electron chi connectivity index (χ1n) is 7.17. The Bertz CT molecular complexity index is 591. The zero-order valence-corrected chi connectivity index (χ0v) is 13.0. The first kappa shape index (κ1) is 13.6. The maximum absolute atomic E-state index is 4.47. The number of aryl methyl sites for hydroxylation is 2. The summed E-state index contributed by atoms with van der Waals surface area (Å²) < 4.78 is 0. The molecule has 1 aromatic heterocycles. The normalized spacial score (nSPS) is 14.4. The highest BCUT2D eigenvalue weighted by atomic mass is 32.1. The fourth-order valence-corrected chi connectivity index (χ4v) is 3.39. The maximum atomic E-state index is 4.47. The Morgan fingerprint density at radius 1 is 1.35 bits per heavy atom. The molecule has 0 radical (unpaired) electrons. The van der Waals surface area contributed by atoms with Gasteiger partial charge in [0.15, 0.2) is 0 Å². The third-order valence-corrected chi connectivity index (χ3v) is 4.62. The van der Waals surface area contributed by atoms with Crippen molar-refractivity contribution >= 4 is 17.0 Å². The molecule has 0 bridgehead atoms. The van der Waals surface area contributed by atoms with Crippen LogP contribution in [-0.4, -0.2) is 18.6 Å². The van der Waals surface area contributed by atoms with Crippen LogP contribution in [0.2, 0.25) is 0 Å². The zero-order valence-electron chi connectivity index (χ0n) is 12.1. The van der Waals surface area contributed by atoms with Gasteiger partial charge in [0.05, 0.1) is 10.7 Å². The van der Waals surface area contributed by atoms with Gasteiger partial charge in [-0.05, 0) is 37.0 Å². The van der Waals surface area contributed by atoms with Crippen molar-refractivity contribution in [3.8, 4) is 0 Å². The van der Waals surface area contributed by atoms with Gasteiger partial charge in [-0.2, -0.15) is 0 Å². The van der Waals surface area contributed by atoms with Gasteiger partial charge in [-0.25, -0.2) is 4.98 Å². The molecule has 0 saturated heterocycles. The summed E-state index contributed by atoms with van der Waals surface area (Å²) in [6.45, 7) is 4.98. The highest BCUT2D eigenvalue weighted by Crippen LogP contribution is 2.26. The van der Waals surface area contributed by atoms with Crippen LogP contribution in [0.1, 0.15) is 28.2 Å². The summed E-state index contributed by atoms with van der Waals surface area (Å²) in [5.74, 6) is 0. The van der Waals surface area contributed by atoms with Crippen LogP contribution in [0.3, 0.4) is 0 Å². The second-order valence-corrected chi connectivity index (χ2v) is 6.51. The van der Waals surface area contributed by atoms with Gasteiger partial charge in [0.2, 0.25) is 0 Å². The topological polar surface area (TPSA) is 28.2 Å². The number of anilines is 1. The Labute approximate surface area is 124 Å². The number of hydrogen-bond acceptors (Lipinski definition) is 4. The number of hydrogen-bond donors (Lipinski definition) is 1. The van der Waals surface area contributed by atoms with Crippen LogP contribution in [0.4, 0.5) is 5.69 Å². The van der Waals surface area contributed by atoms with Crippen LogP contribution in [0.15, 0.2) is 23.6 Å². The lowest BCUT2D eigenvalue weighted by Crippen LogP contribution is -2.24. The van der Waals surface area contributed by atoms with Gasteiger partial charge in [-0.3, -0.25) is 0 Å². The molecule has 0 unspecified atom stereocenters. The van der Waals surface area contributed by atoms with Gasteiger partial charge in [0, 0.05) is 37.7 Å². The van der Waals surface area contributed by atoms with E-state index in [-0.39, 0.29) is 0 Å². The lowest BCUT2D eigenvalue weighted by Gasteiger charge is -2.27. The van der Waals surface area contributed by atoms with Gasteiger partial charge in [-0.1, -0.05) is 12.1 Å². The first-order chi connectivity index (χ1) is 9.72. The average molecular weight is 287 g/mol. The molecule has 0 fully saturated rings. The molecule has 1 aliphatic rings. The summed E-state index contributed by atoms with van der Waals surface area (Å²) >= 11 is 1.71. The van der Waals surface area contributed by atoms with Crippen molar-refractivity contribution in [1.29, 1.82) is 0 Å². The molecule has 2 heterocycles. The molecular weight excluding hydrogens is 266 g/mol. The van der Waals surface area contributed by atoms with E-state index < -0.39 is 0 Å². The van der Waals surface area contributed by atoms with E-state index >= 15 is 0 Å². The van der Waals surface area contributed by atoms with Crippen LogP contribution in [0, 0.1) is 6.92 Å². The van der Waals surface area contributed by atoms with Gasteiger partial charge < -0.3 is 10.2 Å². The maximum Gasteiger partial charge on any atom is 0.0897 e. The first-order valence-corrected chi connectivity index (χ1v) is 8.05. The smallest absolute Gasteiger partial charge is 0.0897 e. The van der Waals surface area contributed by atoms with Crippen LogP contribution >= 0.6 is 11.3 Å². The van der Waals surface area contributed by atoms with Crippen molar-refractivity contribution in [1.82, 2.24) is 10.3 Å². The van der Waals surface area contributed by atoms with E-state index in [1.807, 2.05) is 6.92 Å². The molecule has 0 atom stereocenters. The van der Waals surface area contributed by atoms with E-state index in [4.69, 9.17) is 0 Å². The van der Waals surface area contributed by atoms with Crippen molar-refractivity contribution < 1.29 is 0 Å². The number of nitrogens with zero attached hydrogens (tertiary/aromatic N) is 2. The number of fused-ring (bicyclic) bond motifs is 1. The van der Waals surface area contributed by atoms with E-state index in [2.05, 4.69) is 45.8 Å². The quantitative estimate of drug-likeness (QED) is 0.936. The molecule has 4 heteroatoms. The van der Waals surface area contributed by atoms with Gasteiger partial charge >= 0.3 is 0 Å². The Morgan fingerprint density at radius 3 is 3.05 bits per heavy atom.